The molecular formula is C4H4N2S. The van der Waals surface area contributed by atoms with E-state index in [1.54, 1.807) is 11.8 Å². The van der Waals surface area contributed by atoms with Crippen LogP contribution in [0.15, 0.2) is 21.7 Å². The number of thioether (sulfide) groups is 1. The highest BCUT2D eigenvalue weighted by molar-refractivity contribution is 8.14. The van der Waals surface area contributed by atoms with Crippen molar-refractivity contribution in [2.24, 2.45) is 10.2 Å². The molecule has 36 valence electrons. The summed E-state index contributed by atoms with van der Waals surface area (Å²) in [4.78, 5) is 0. The SMILES string of the molecule is C1=CSC=NN=C1. The Morgan fingerprint density at radius 2 is 2.29 bits per heavy atom. The van der Waals surface area contributed by atoms with Crippen LogP contribution in [0.3, 0.4) is 0 Å². The summed E-state index contributed by atoms with van der Waals surface area (Å²) in [6.07, 6.45) is 3.49. The molecule has 0 spiro atoms. The van der Waals surface area contributed by atoms with Crippen molar-refractivity contribution in [3.05, 3.63) is 11.5 Å². The zero-order chi connectivity index (χ0) is 4.95. The third kappa shape index (κ3) is 1.55. The molecule has 0 N–H and O–H groups in total. The van der Waals surface area contributed by atoms with Crippen LogP contribution in [-0.2, 0) is 0 Å². The predicted molar refractivity (Wildman–Crippen MR) is 33.7 cm³/mol. The molecule has 0 aromatic carbocycles. The fraction of sp³-hybridized carbons (Fsp3) is 0. The molecule has 2 nitrogen and oxygen atoms in total. The van der Waals surface area contributed by atoms with Crippen LogP contribution in [0.1, 0.15) is 0 Å². The van der Waals surface area contributed by atoms with Crippen molar-refractivity contribution < 1.29 is 0 Å². The van der Waals surface area contributed by atoms with Crippen molar-refractivity contribution in [2.75, 3.05) is 0 Å². The molecule has 3 heteroatoms. The first kappa shape index (κ1) is 4.59. The Balaban J connectivity index is 2.60. The van der Waals surface area contributed by atoms with Crippen LogP contribution in [0.25, 0.3) is 0 Å². The highest BCUT2D eigenvalue weighted by Gasteiger charge is 1.72. The van der Waals surface area contributed by atoms with Gasteiger partial charge >= 0.3 is 0 Å². The molecule has 0 atom stereocenters. The average Bonchev–Trinajstić information content (AvgIpc) is 1.90. The molecule has 0 bridgehead atoms. The van der Waals surface area contributed by atoms with Crippen LogP contribution >= 0.6 is 11.8 Å². The third-order valence-electron chi connectivity index (χ3n) is 0.485. The van der Waals surface area contributed by atoms with Gasteiger partial charge in [0.1, 0.15) is 0 Å². The van der Waals surface area contributed by atoms with Gasteiger partial charge in [0.25, 0.3) is 0 Å². The minimum Gasteiger partial charge on any atom is -0.159 e. The summed E-state index contributed by atoms with van der Waals surface area (Å²) in [7, 11) is 0. The summed E-state index contributed by atoms with van der Waals surface area (Å²) in [5.74, 6) is 0. The Morgan fingerprint density at radius 3 is 3.29 bits per heavy atom. The van der Waals surface area contributed by atoms with Crippen molar-refractivity contribution in [3.63, 3.8) is 0 Å². The van der Waals surface area contributed by atoms with Crippen molar-refractivity contribution in [1.82, 2.24) is 0 Å². The molecule has 0 amide bonds. The second kappa shape index (κ2) is 2.58. The second-order valence-electron chi connectivity index (χ2n) is 0.950. The summed E-state index contributed by atoms with van der Waals surface area (Å²) in [6.45, 7) is 0. The highest BCUT2D eigenvalue weighted by atomic mass is 32.2. The van der Waals surface area contributed by atoms with Gasteiger partial charge in [-0.15, -0.1) is 0 Å². The van der Waals surface area contributed by atoms with Crippen molar-refractivity contribution in [1.29, 1.82) is 0 Å². The molecule has 1 heterocycles. The lowest BCUT2D eigenvalue weighted by molar-refractivity contribution is 1.28. The first-order chi connectivity index (χ1) is 3.50. The zero-order valence-electron chi connectivity index (χ0n) is 3.61. The first-order valence-electron chi connectivity index (χ1n) is 1.85. The van der Waals surface area contributed by atoms with E-state index < -0.39 is 0 Å². The predicted octanol–water partition coefficient (Wildman–Crippen LogP) is 1.26. The van der Waals surface area contributed by atoms with Crippen LogP contribution in [0.5, 0.6) is 0 Å². The van der Waals surface area contributed by atoms with Gasteiger partial charge in [0, 0.05) is 0 Å². The quantitative estimate of drug-likeness (QED) is 0.463. The van der Waals surface area contributed by atoms with Crippen molar-refractivity contribution >= 4 is 23.5 Å². The monoisotopic (exact) mass is 112 g/mol. The molecule has 7 heavy (non-hydrogen) atoms. The van der Waals surface area contributed by atoms with E-state index in [-0.39, 0.29) is 0 Å². The van der Waals surface area contributed by atoms with Crippen molar-refractivity contribution in [2.45, 2.75) is 0 Å². The fourth-order valence-electron chi connectivity index (χ4n) is 0.247. The number of nitrogens with zero attached hydrogens (tertiary/aromatic N) is 2. The summed E-state index contributed by atoms with van der Waals surface area (Å²) >= 11 is 1.52. The van der Waals surface area contributed by atoms with Gasteiger partial charge < -0.3 is 0 Å². The van der Waals surface area contributed by atoms with Crippen LogP contribution in [0.4, 0.5) is 0 Å². The molecule has 0 aromatic heterocycles. The van der Waals surface area contributed by atoms with Gasteiger partial charge in [-0.2, -0.15) is 10.2 Å². The van der Waals surface area contributed by atoms with E-state index in [2.05, 4.69) is 10.2 Å². The Kier molecular flexibility index (Phi) is 1.69. The molecule has 0 fully saturated rings. The molecule has 1 aliphatic rings. The lowest BCUT2D eigenvalue weighted by Crippen LogP contribution is -1.53. The lowest BCUT2D eigenvalue weighted by Gasteiger charge is -1.67. The van der Waals surface area contributed by atoms with E-state index in [4.69, 9.17) is 0 Å². The summed E-state index contributed by atoms with van der Waals surface area (Å²) in [5, 5.41) is 9.14. The van der Waals surface area contributed by atoms with Gasteiger partial charge in [-0.25, -0.2) is 0 Å². The van der Waals surface area contributed by atoms with Crippen LogP contribution in [-0.4, -0.2) is 11.8 Å². The van der Waals surface area contributed by atoms with Gasteiger partial charge in [0.15, 0.2) is 0 Å². The van der Waals surface area contributed by atoms with E-state index >= 15 is 0 Å². The van der Waals surface area contributed by atoms with Crippen molar-refractivity contribution in [3.8, 4) is 0 Å². The fourth-order valence-corrected chi connectivity index (χ4v) is 0.587. The Hall–Kier alpha value is -0.570. The topological polar surface area (TPSA) is 24.7 Å². The molecular weight excluding hydrogens is 108 g/mol. The van der Waals surface area contributed by atoms with Crippen LogP contribution in [0, 0.1) is 0 Å². The van der Waals surface area contributed by atoms with E-state index in [0.717, 1.165) is 0 Å². The second-order valence-corrected chi connectivity index (χ2v) is 1.71. The molecule has 1 rings (SSSR count). The lowest BCUT2D eigenvalue weighted by atomic mass is 10.7. The van der Waals surface area contributed by atoms with Gasteiger partial charge in [0.2, 0.25) is 0 Å². The Morgan fingerprint density at radius 1 is 1.29 bits per heavy atom. The third-order valence-corrected chi connectivity index (χ3v) is 1.01. The summed E-state index contributed by atoms with van der Waals surface area (Å²) < 4.78 is 0. The van der Waals surface area contributed by atoms with E-state index in [1.807, 2.05) is 11.5 Å². The van der Waals surface area contributed by atoms with Gasteiger partial charge in [-0.3, -0.25) is 0 Å². The van der Waals surface area contributed by atoms with E-state index in [9.17, 15) is 0 Å². The molecule has 0 saturated carbocycles. The zero-order valence-corrected chi connectivity index (χ0v) is 4.43. The minimum absolute atomic E-state index is 1.52. The normalized spacial score (nSPS) is 17.1. The summed E-state index contributed by atoms with van der Waals surface area (Å²) in [6, 6.07) is 0. The minimum atomic E-state index is 1.52. The Labute approximate surface area is 46.0 Å². The molecule has 0 unspecified atom stereocenters. The smallest absolute Gasteiger partial charge is 0.0866 e. The van der Waals surface area contributed by atoms with E-state index in [1.165, 1.54) is 11.8 Å². The van der Waals surface area contributed by atoms with Gasteiger partial charge in [0.05, 0.1) is 11.8 Å². The highest BCUT2D eigenvalue weighted by Crippen LogP contribution is 1.97. The number of hydrogen-bond donors (Lipinski definition) is 0. The number of allylic oxidation sites excluding steroid dienone is 1. The molecule has 0 radical (unpaired) electrons. The maximum atomic E-state index is 3.62. The number of rotatable bonds is 0. The van der Waals surface area contributed by atoms with E-state index in [0.29, 0.717) is 0 Å². The molecule has 0 aliphatic carbocycles. The van der Waals surface area contributed by atoms with Gasteiger partial charge in [-0.05, 0) is 11.5 Å². The standard InChI is InChI=1S/C4H4N2S/c1-2-5-6-4-7-3-1/h1-4H. The maximum Gasteiger partial charge on any atom is 0.0866 e. The maximum absolute atomic E-state index is 3.62. The molecule has 0 aromatic rings. The van der Waals surface area contributed by atoms with Crippen LogP contribution in [0.2, 0.25) is 0 Å². The molecule has 1 aliphatic heterocycles. The molecule has 0 saturated heterocycles. The summed E-state index contributed by atoms with van der Waals surface area (Å²) in [5.41, 5.74) is 1.68. The first-order valence-corrected chi connectivity index (χ1v) is 2.80. The average molecular weight is 112 g/mol. The number of hydrogen-bond acceptors (Lipinski definition) is 3. The Bertz CT molecular complexity index is 112. The largest absolute Gasteiger partial charge is 0.159 e. The van der Waals surface area contributed by atoms with Crippen LogP contribution < -0.4 is 0 Å². The van der Waals surface area contributed by atoms with Gasteiger partial charge in [-0.1, -0.05) is 11.8 Å².